The first kappa shape index (κ1) is 27.6. The first-order valence-corrected chi connectivity index (χ1v) is 15.2. The maximum absolute atomic E-state index is 13.9. The summed E-state index contributed by atoms with van der Waals surface area (Å²) < 4.78 is 24.4. The predicted molar refractivity (Wildman–Crippen MR) is 140 cm³/mol. The molecule has 0 aromatic carbocycles. The summed E-state index contributed by atoms with van der Waals surface area (Å²) in [5.41, 5.74) is -2.36. The Labute approximate surface area is 231 Å². The van der Waals surface area contributed by atoms with Crippen LogP contribution in [-0.2, 0) is 33.3 Å². The molecule has 4 aliphatic carbocycles. The Morgan fingerprint density at radius 1 is 0.974 bits per heavy atom. The zero-order valence-corrected chi connectivity index (χ0v) is 24.4. The Morgan fingerprint density at radius 2 is 1.64 bits per heavy atom. The zero-order chi connectivity index (χ0) is 28.1. The SMILES string of the molecule is CC(=O)OC1CC2(O)C(=O)CC3C4CC5OC6(CCC(C)CO6)C(C)C5C4(C)CCC3C2(C)CC1OC(C)=O. The van der Waals surface area contributed by atoms with Gasteiger partial charge in [0.1, 0.15) is 17.8 Å². The van der Waals surface area contributed by atoms with Crippen LogP contribution < -0.4 is 0 Å². The van der Waals surface area contributed by atoms with Gasteiger partial charge in [0.2, 0.25) is 0 Å². The number of carbonyl (C=O) groups is 3. The number of ketones is 1. The minimum Gasteiger partial charge on any atom is -0.459 e. The molecule has 4 saturated carbocycles. The third-order valence-electron chi connectivity index (χ3n) is 12.5. The summed E-state index contributed by atoms with van der Waals surface area (Å²) in [6.45, 7) is 12.4. The Morgan fingerprint density at radius 3 is 2.26 bits per heavy atom. The molecule has 0 amide bonds. The Hall–Kier alpha value is -1.51. The molecule has 8 heteroatoms. The van der Waals surface area contributed by atoms with E-state index in [9.17, 15) is 19.5 Å². The van der Waals surface area contributed by atoms with Gasteiger partial charge in [-0.05, 0) is 67.1 Å². The van der Waals surface area contributed by atoms with E-state index in [1.54, 1.807) is 0 Å². The molecular weight excluding hydrogens is 500 g/mol. The Balaban J connectivity index is 1.29. The number of esters is 2. The number of fused-ring (bicyclic) bond motifs is 7. The highest BCUT2D eigenvalue weighted by Crippen LogP contribution is 2.71. The molecule has 13 atom stereocenters. The molecule has 0 aromatic heterocycles. The van der Waals surface area contributed by atoms with Crippen molar-refractivity contribution in [3.05, 3.63) is 0 Å². The number of carbonyl (C=O) groups excluding carboxylic acids is 3. The normalized spacial score (nSPS) is 54.3. The Bertz CT molecular complexity index is 1050. The summed E-state index contributed by atoms with van der Waals surface area (Å²) >= 11 is 0. The molecule has 6 fully saturated rings. The Kier molecular flexibility index (Phi) is 6.38. The number of ether oxygens (including phenoxy) is 4. The van der Waals surface area contributed by atoms with Crippen molar-refractivity contribution in [1.29, 1.82) is 0 Å². The van der Waals surface area contributed by atoms with Gasteiger partial charge in [0.25, 0.3) is 0 Å². The summed E-state index contributed by atoms with van der Waals surface area (Å²) in [7, 11) is 0. The quantitative estimate of drug-likeness (QED) is 0.514. The van der Waals surface area contributed by atoms with Crippen molar-refractivity contribution in [2.75, 3.05) is 6.61 Å². The highest BCUT2D eigenvalue weighted by molar-refractivity contribution is 5.90. The highest BCUT2D eigenvalue weighted by atomic mass is 16.7. The molecule has 6 aliphatic rings. The molecule has 218 valence electrons. The van der Waals surface area contributed by atoms with Crippen molar-refractivity contribution in [3.8, 4) is 0 Å². The summed E-state index contributed by atoms with van der Waals surface area (Å²) in [6, 6.07) is 0. The van der Waals surface area contributed by atoms with E-state index in [2.05, 4.69) is 20.8 Å². The molecule has 1 spiro atoms. The van der Waals surface area contributed by atoms with Crippen LogP contribution in [0.1, 0.15) is 92.9 Å². The molecule has 1 N–H and O–H groups in total. The number of hydrogen-bond acceptors (Lipinski definition) is 8. The van der Waals surface area contributed by atoms with Crippen molar-refractivity contribution in [1.82, 2.24) is 0 Å². The third kappa shape index (κ3) is 3.83. The second-order valence-corrected chi connectivity index (χ2v) is 14.5. The number of rotatable bonds is 2. The van der Waals surface area contributed by atoms with Crippen LogP contribution in [0.15, 0.2) is 0 Å². The van der Waals surface area contributed by atoms with Gasteiger partial charge < -0.3 is 24.1 Å². The van der Waals surface area contributed by atoms with E-state index in [0.717, 1.165) is 38.7 Å². The molecule has 2 saturated heterocycles. The minimum atomic E-state index is -1.62. The number of hydrogen-bond donors (Lipinski definition) is 1. The number of aliphatic hydroxyl groups is 1. The van der Waals surface area contributed by atoms with E-state index >= 15 is 0 Å². The molecule has 6 rings (SSSR count). The summed E-state index contributed by atoms with van der Waals surface area (Å²) in [6.07, 6.45) is 4.08. The van der Waals surface area contributed by atoms with E-state index in [4.69, 9.17) is 18.9 Å². The maximum atomic E-state index is 13.9. The van der Waals surface area contributed by atoms with E-state index in [-0.39, 0.29) is 35.6 Å². The van der Waals surface area contributed by atoms with Crippen molar-refractivity contribution >= 4 is 17.7 Å². The first-order valence-electron chi connectivity index (χ1n) is 15.2. The summed E-state index contributed by atoms with van der Waals surface area (Å²) in [5, 5.41) is 12.1. The van der Waals surface area contributed by atoms with Crippen LogP contribution in [0.4, 0.5) is 0 Å². The predicted octanol–water partition coefficient (Wildman–Crippen LogP) is 4.20. The molecule has 0 radical (unpaired) electrons. The second-order valence-electron chi connectivity index (χ2n) is 14.5. The van der Waals surface area contributed by atoms with Crippen molar-refractivity contribution in [3.63, 3.8) is 0 Å². The average Bonchev–Trinajstić information content (AvgIpc) is 3.28. The van der Waals surface area contributed by atoms with Crippen molar-refractivity contribution < 1.29 is 38.4 Å². The summed E-state index contributed by atoms with van der Waals surface area (Å²) in [5.74, 6) is 0.175. The molecule has 2 heterocycles. The fourth-order valence-electron chi connectivity index (χ4n) is 10.7. The van der Waals surface area contributed by atoms with Crippen LogP contribution in [0.25, 0.3) is 0 Å². The fourth-order valence-corrected chi connectivity index (χ4v) is 10.7. The lowest BCUT2D eigenvalue weighted by Gasteiger charge is -2.63. The van der Waals surface area contributed by atoms with Gasteiger partial charge in [-0.1, -0.05) is 27.7 Å². The standard InChI is InChI=1S/C31H46O8/c1-16-7-10-31(36-15-16)17(2)27-23(39-31)12-22-20-11-26(34)30(35)14-25(38-19(4)33)24(37-18(3)32)13-29(30,6)21(20)8-9-28(22,27)5/h16-17,20-25,27,35H,7-15H2,1-6H3. The van der Waals surface area contributed by atoms with Gasteiger partial charge in [0, 0.05) is 44.4 Å². The van der Waals surface area contributed by atoms with Gasteiger partial charge in [-0.15, -0.1) is 0 Å². The molecule has 8 nitrogen and oxygen atoms in total. The van der Waals surface area contributed by atoms with E-state index in [1.807, 2.05) is 6.92 Å². The van der Waals surface area contributed by atoms with Crippen molar-refractivity contribution in [2.45, 2.75) is 123 Å². The van der Waals surface area contributed by atoms with E-state index in [0.29, 0.717) is 36.5 Å². The summed E-state index contributed by atoms with van der Waals surface area (Å²) in [4.78, 5) is 37.8. The number of Topliss-reactive ketones (excluding diaryl/α,β-unsaturated/α-hetero) is 1. The molecule has 39 heavy (non-hydrogen) atoms. The van der Waals surface area contributed by atoms with Crippen LogP contribution in [0.2, 0.25) is 0 Å². The van der Waals surface area contributed by atoms with Gasteiger partial charge in [-0.2, -0.15) is 0 Å². The fraction of sp³-hybridized carbons (Fsp3) is 0.903. The first-order chi connectivity index (χ1) is 18.2. The van der Waals surface area contributed by atoms with Crippen LogP contribution in [0.5, 0.6) is 0 Å². The smallest absolute Gasteiger partial charge is 0.303 e. The molecule has 13 unspecified atom stereocenters. The lowest BCUT2D eigenvalue weighted by Crippen LogP contribution is -2.70. The van der Waals surface area contributed by atoms with Gasteiger partial charge in [0.05, 0.1) is 12.7 Å². The zero-order valence-electron chi connectivity index (χ0n) is 24.4. The maximum Gasteiger partial charge on any atom is 0.303 e. The lowest BCUT2D eigenvalue weighted by molar-refractivity contribution is -0.274. The van der Waals surface area contributed by atoms with Crippen LogP contribution in [0.3, 0.4) is 0 Å². The van der Waals surface area contributed by atoms with Gasteiger partial charge in [0.15, 0.2) is 11.6 Å². The van der Waals surface area contributed by atoms with Gasteiger partial charge in [-0.25, -0.2) is 0 Å². The topological polar surface area (TPSA) is 108 Å². The highest BCUT2D eigenvalue weighted by Gasteiger charge is 2.73. The third-order valence-corrected chi connectivity index (χ3v) is 12.5. The molecule has 0 aromatic rings. The average molecular weight is 547 g/mol. The minimum absolute atomic E-state index is 0.0330. The van der Waals surface area contributed by atoms with Crippen molar-refractivity contribution in [2.24, 2.45) is 46.3 Å². The second kappa shape index (κ2) is 8.99. The van der Waals surface area contributed by atoms with Crippen LogP contribution in [-0.4, -0.2) is 59.1 Å². The monoisotopic (exact) mass is 546 g/mol. The van der Waals surface area contributed by atoms with E-state index in [1.165, 1.54) is 13.8 Å². The largest absolute Gasteiger partial charge is 0.459 e. The molecule has 2 aliphatic heterocycles. The van der Waals surface area contributed by atoms with Gasteiger partial charge in [-0.3, -0.25) is 14.4 Å². The lowest BCUT2D eigenvalue weighted by atomic mass is 9.42. The molecular formula is C31H46O8. The van der Waals surface area contributed by atoms with Crippen LogP contribution in [0, 0.1) is 46.3 Å². The van der Waals surface area contributed by atoms with E-state index < -0.39 is 40.9 Å². The van der Waals surface area contributed by atoms with Gasteiger partial charge >= 0.3 is 11.9 Å². The molecule has 0 bridgehead atoms. The van der Waals surface area contributed by atoms with Crippen LogP contribution >= 0.6 is 0 Å².